The number of rotatable bonds is 4. The van der Waals surface area contributed by atoms with Gasteiger partial charge in [0.2, 0.25) is 0 Å². The lowest BCUT2D eigenvalue weighted by molar-refractivity contribution is -0.139. The van der Waals surface area contributed by atoms with Crippen molar-refractivity contribution in [1.82, 2.24) is 10.6 Å². The number of amides is 2. The highest BCUT2D eigenvalue weighted by Gasteiger charge is 2.26. The van der Waals surface area contributed by atoms with Gasteiger partial charge in [0.25, 0.3) is 0 Å². The van der Waals surface area contributed by atoms with Gasteiger partial charge in [-0.3, -0.25) is 9.59 Å². The van der Waals surface area contributed by atoms with E-state index in [0.717, 1.165) is 28.5 Å². The number of carbonyl (C=O) groups is 2. The van der Waals surface area contributed by atoms with Crippen LogP contribution >= 0.6 is 11.3 Å². The second-order valence-electron chi connectivity index (χ2n) is 5.16. The van der Waals surface area contributed by atoms with Crippen LogP contribution < -0.4 is 10.6 Å². The Labute approximate surface area is 126 Å². The molecule has 1 unspecified atom stereocenters. The van der Waals surface area contributed by atoms with E-state index >= 15 is 0 Å². The summed E-state index contributed by atoms with van der Waals surface area (Å²) in [7, 11) is 0. The van der Waals surface area contributed by atoms with E-state index in [1.807, 2.05) is 29.6 Å². The SMILES string of the molecule is O=C(NCC(O)c1csc2ccccc12)C(=O)NC1CC1. The van der Waals surface area contributed by atoms with Gasteiger partial charge in [0.15, 0.2) is 0 Å². The third-order valence-electron chi connectivity index (χ3n) is 3.44. The predicted octanol–water partition coefficient (Wildman–Crippen LogP) is 1.33. The minimum absolute atomic E-state index is 0.0254. The highest BCUT2D eigenvalue weighted by atomic mass is 32.1. The molecular weight excluding hydrogens is 288 g/mol. The van der Waals surface area contributed by atoms with Crippen LogP contribution in [0.4, 0.5) is 0 Å². The molecule has 0 radical (unpaired) electrons. The van der Waals surface area contributed by atoms with Crippen LogP contribution in [0, 0.1) is 0 Å². The summed E-state index contributed by atoms with van der Waals surface area (Å²) in [6.07, 6.45) is 1.05. The maximum atomic E-state index is 11.6. The molecule has 1 aromatic heterocycles. The molecule has 1 aliphatic rings. The average molecular weight is 304 g/mol. The van der Waals surface area contributed by atoms with E-state index < -0.39 is 17.9 Å². The minimum atomic E-state index is -0.821. The Morgan fingerprint density at radius 2 is 2.05 bits per heavy atom. The van der Waals surface area contributed by atoms with Crippen molar-refractivity contribution in [2.45, 2.75) is 25.0 Å². The van der Waals surface area contributed by atoms with Gasteiger partial charge in [-0.1, -0.05) is 18.2 Å². The lowest BCUT2D eigenvalue weighted by atomic mass is 10.1. The fraction of sp³-hybridized carbons (Fsp3) is 0.333. The second kappa shape index (κ2) is 5.83. The molecule has 1 heterocycles. The quantitative estimate of drug-likeness (QED) is 0.746. The largest absolute Gasteiger partial charge is 0.387 e. The van der Waals surface area contributed by atoms with Crippen molar-refractivity contribution in [2.75, 3.05) is 6.54 Å². The number of thiophene rings is 1. The van der Waals surface area contributed by atoms with Gasteiger partial charge in [-0.15, -0.1) is 11.3 Å². The molecule has 0 spiro atoms. The van der Waals surface area contributed by atoms with E-state index in [1.165, 1.54) is 0 Å². The fourth-order valence-corrected chi connectivity index (χ4v) is 3.12. The Morgan fingerprint density at radius 1 is 1.29 bits per heavy atom. The molecule has 3 N–H and O–H groups in total. The molecule has 1 aliphatic carbocycles. The second-order valence-corrected chi connectivity index (χ2v) is 6.07. The molecule has 2 amide bonds. The maximum absolute atomic E-state index is 11.6. The Bertz CT molecular complexity index is 678. The summed E-state index contributed by atoms with van der Waals surface area (Å²) in [4.78, 5) is 23.1. The average Bonchev–Trinajstić information content (AvgIpc) is 3.20. The molecule has 5 nitrogen and oxygen atoms in total. The molecule has 2 aromatic rings. The Morgan fingerprint density at radius 3 is 2.81 bits per heavy atom. The van der Waals surface area contributed by atoms with Crippen LogP contribution in [0.25, 0.3) is 10.1 Å². The Hall–Kier alpha value is -1.92. The van der Waals surface area contributed by atoms with Crippen LogP contribution in [0.2, 0.25) is 0 Å². The van der Waals surface area contributed by atoms with Crippen molar-refractivity contribution in [2.24, 2.45) is 0 Å². The summed E-state index contributed by atoms with van der Waals surface area (Å²) in [6, 6.07) is 7.92. The molecule has 0 aliphatic heterocycles. The van der Waals surface area contributed by atoms with E-state index in [0.29, 0.717) is 0 Å². The zero-order valence-corrected chi connectivity index (χ0v) is 12.2. The lowest BCUT2D eigenvalue weighted by Crippen LogP contribution is -2.42. The van der Waals surface area contributed by atoms with Crippen molar-refractivity contribution in [1.29, 1.82) is 0 Å². The molecule has 1 atom stereocenters. The first kappa shape index (κ1) is 14.0. The number of hydrogen-bond donors (Lipinski definition) is 3. The number of aliphatic hydroxyl groups is 1. The van der Waals surface area contributed by atoms with Crippen LogP contribution in [0.5, 0.6) is 0 Å². The van der Waals surface area contributed by atoms with Crippen LogP contribution in [0.1, 0.15) is 24.5 Å². The fourth-order valence-electron chi connectivity index (χ4n) is 2.11. The van der Waals surface area contributed by atoms with E-state index in [4.69, 9.17) is 0 Å². The van der Waals surface area contributed by atoms with Gasteiger partial charge in [-0.2, -0.15) is 0 Å². The summed E-state index contributed by atoms with van der Waals surface area (Å²) in [5, 5.41) is 18.1. The molecule has 0 bridgehead atoms. The van der Waals surface area contributed by atoms with Crippen molar-refractivity contribution in [3.8, 4) is 0 Å². The van der Waals surface area contributed by atoms with E-state index in [9.17, 15) is 14.7 Å². The molecule has 6 heteroatoms. The zero-order valence-electron chi connectivity index (χ0n) is 11.3. The van der Waals surface area contributed by atoms with Gasteiger partial charge in [0.05, 0.1) is 6.10 Å². The van der Waals surface area contributed by atoms with Gasteiger partial charge in [-0.05, 0) is 29.7 Å². The third kappa shape index (κ3) is 3.22. The lowest BCUT2D eigenvalue weighted by Gasteiger charge is -2.11. The smallest absolute Gasteiger partial charge is 0.309 e. The number of nitrogens with one attached hydrogen (secondary N) is 2. The summed E-state index contributed by atoms with van der Waals surface area (Å²) < 4.78 is 1.09. The number of hydrogen-bond acceptors (Lipinski definition) is 4. The van der Waals surface area contributed by atoms with Gasteiger partial charge >= 0.3 is 11.8 Å². The first-order valence-electron chi connectivity index (χ1n) is 6.88. The number of carbonyl (C=O) groups excluding carboxylic acids is 2. The zero-order chi connectivity index (χ0) is 14.8. The van der Waals surface area contributed by atoms with Crippen molar-refractivity contribution >= 4 is 33.2 Å². The van der Waals surface area contributed by atoms with E-state index in [2.05, 4.69) is 10.6 Å². The predicted molar refractivity (Wildman–Crippen MR) is 81.0 cm³/mol. The first-order valence-corrected chi connectivity index (χ1v) is 7.76. The number of aliphatic hydroxyl groups excluding tert-OH is 1. The van der Waals surface area contributed by atoms with E-state index in [-0.39, 0.29) is 12.6 Å². The normalized spacial score (nSPS) is 15.7. The Kier molecular flexibility index (Phi) is 3.90. The molecule has 0 saturated heterocycles. The molecule has 1 aromatic carbocycles. The summed E-state index contributed by atoms with van der Waals surface area (Å²) in [5.74, 6) is -1.32. The standard InChI is InChI=1S/C15H16N2O3S/c18-12(7-16-14(19)15(20)17-9-5-6-9)11-8-21-13-4-2-1-3-10(11)13/h1-4,8-9,12,18H,5-7H2,(H,16,19)(H,17,20). The highest BCUT2D eigenvalue weighted by molar-refractivity contribution is 7.17. The first-order chi connectivity index (χ1) is 10.1. The van der Waals surface area contributed by atoms with Crippen LogP contribution in [0.3, 0.4) is 0 Å². The molecule has 1 fully saturated rings. The summed E-state index contributed by atoms with van der Waals surface area (Å²) in [6.45, 7) is 0.0254. The van der Waals surface area contributed by atoms with Crippen LogP contribution in [-0.4, -0.2) is 29.5 Å². The van der Waals surface area contributed by atoms with Gasteiger partial charge in [0, 0.05) is 22.8 Å². The third-order valence-corrected chi connectivity index (χ3v) is 4.43. The van der Waals surface area contributed by atoms with Gasteiger partial charge in [-0.25, -0.2) is 0 Å². The number of fused-ring (bicyclic) bond motifs is 1. The van der Waals surface area contributed by atoms with Crippen LogP contribution in [-0.2, 0) is 9.59 Å². The van der Waals surface area contributed by atoms with Crippen molar-refractivity contribution in [3.05, 3.63) is 35.2 Å². The molecule has 21 heavy (non-hydrogen) atoms. The maximum Gasteiger partial charge on any atom is 0.309 e. The topological polar surface area (TPSA) is 78.4 Å². The molecule has 1 saturated carbocycles. The summed E-state index contributed by atoms with van der Waals surface area (Å²) in [5.41, 5.74) is 0.776. The van der Waals surface area contributed by atoms with E-state index in [1.54, 1.807) is 11.3 Å². The highest BCUT2D eigenvalue weighted by Crippen LogP contribution is 2.29. The molecular formula is C15H16N2O3S. The summed E-state index contributed by atoms with van der Waals surface area (Å²) >= 11 is 1.55. The molecule has 110 valence electrons. The monoisotopic (exact) mass is 304 g/mol. The van der Waals surface area contributed by atoms with Crippen molar-refractivity contribution < 1.29 is 14.7 Å². The molecule has 3 rings (SSSR count). The minimum Gasteiger partial charge on any atom is -0.387 e. The Balaban J connectivity index is 1.59. The van der Waals surface area contributed by atoms with Crippen LogP contribution in [0.15, 0.2) is 29.6 Å². The number of benzene rings is 1. The van der Waals surface area contributed by atoms with Gasteiger partial charge < -0.3 is 15.7 Å². The van der Waals surface area contributed by atoms with Crippen molar-refractivity contribution in [3.63, 3.8) is 0 Å². The van der Waals surface area contributed by atoms with Gasteiger partial charge in [0.1, 0.15) is 0 Å².